The number of nitrogens with zero attached hydrogens (tertiary/aromatic N) is 3. The first kappa shape index (κ1) is 9.18. The first-order valence-electron chi connectivity index (χ1n) is 4.84. The quantitative estimate of drug-likeness (QED) is 0.777. The summed E-state index contributed by atoms with van der Waals surface area (Å²) in [6, 6.07) is 0. The highest BCUT2D eigenvalue weighted by molar-refractivity contribution is 5.72. The van der Waals surface area contributed by atoms with Gasteiger partial charge in [-0.15, -0.1) is 0 Å². The minimum absolute atomic E-state index is 0.0648. The van der Waals surface area contributed by atoms with E-state index in [4.69, 9.17) is 5.11 Å². The van der Waals surface area contributed by atoms with Crippen LogP contribution < -0.4 is 0 Å². The maximum atomic E-state index is 10.8. The van der Waals surface area contributed by atoms with Crippen molar-refractivity contribution in [3.05, 3.63) is 12.2 Å². The van der Waals surface area contributed by atoms with Crippen LogP contribution in [0.3, 0.4) is 0 Å². The Hall–Kier alpha value is -1.39. The smallest absolute Gasteiger partial charge is 0.307 e. The Morgan fingerprint density at radius 1 is 1.71 bits per heavy atom. The number of hydrogen-bond donors (Lipinski definition) is 1. The molecule has 0 saturated heterocycles. The van der Waals surface area contributed by atoms with E-state index in [0.29, 0.717) is 0 Å². The van der Waals surface area contributed by atoms with Gasteiger partial charge in [0.1, 0.15) is 12.2 Å². The molecule has 2 atom stereocenters. The number of aryl methyl sites for hydroxylation is 1. The summed E-state index contributed by atoms with van der Waals surface area (Å²) in [5.74, 6) is -0.0856. The SMILES string of the molecule is CCn1ncnc1C1CCC1C(=O)O. The van der Waals surface area contributed by atoms with Crippen molar-refractivity contribution < 1.29 is 9.90 Å². The molecule has 1 aromatic rings. The summed E-state index contributed by atoms with van der Waals surface area (Å²) in [4.78, 5) is 15.0. The van der Waals surface area contributed by atoms with Crippen LogP contribution in [0.15, 0.2) is 6.33 Å². The molecule has 76 valence electrons. The molecule has 0 bridgehead atoms. The van der Waals surface area contributed by atoms with E-state index in [0.717, 1.165) is 25.2 Å². The van der Waals surface area contributed by atoms with E-state index in [9.17, 15) is 4.79 Å². The van der Waals surface area contributed by atoms with Crippen molar-refractivity contribution in [3.63, 3.8) is 0 Å². The van der Waals surface area contributed by atoms with Crippen molar-refractivity contribution in [1.82, 2.24) is 14.8 Å². The first-order chi connectivity index (χ1) is 6.74. The number of carbonyl (C=O) groups is 1. The summed E-state index contributed by atoms with van der Waals surface area (Å²) in [5, 5.41) is 13.0. The lowest BCUT2D eigenvalue weighted by atomic mass is 9.73. The van der Waals surface area contributed by atoms with Gasteiger partial charge in [-0.2, -0.15) is 5.10 Å². The number of aliphatic carboxylic acids is 1. The molecule has 1 heterocycles. The zero-order valence-electron chi connectivity index (χ0n) is 8.05. The molecule has 1 N–H and O–H groups in total. The molecule has 2 rings (SSSR count). The van der Waals surface area contributed by atoms with Gasteiger partial charge in [0, 0.05) is 12.5 Å². The highest BCUT2D eigenvalue weighted by atomic mass is 16.4. The lowest BCUT2D eigenvalue weighted by Crippen LogP contribution is -2.33. The van der Waals surface area contributed by atoms with Gasteiger partial charge in [-0.3, -0.25) is 9.48 Å². The lowest BCUT2D eigenvalue weighted by molar-refractivity contribution is -0.145. The summed E-state index contributed by atoms with van der Waals surface area (Å²) in [7, 11) is 0. The summed E-state index contributed by atoms with van der Waals surface area (Å²) in [6.45, 7) is 2.73. The number of rotatable bonds is 3. The van der Waals surface area contributed by atoms with Gasteiger partial charge in [0.05, 0.1) is 5.92 Å². The molecular weight excluding hydrogens is 182 g/mol. The third-order valence-corrected chi connectivity index (χ3v) is 2.87. The number of hydrogen-bond acceptors (Lipinski definition) is 3. The van der Waals surface area contributed by atoms with Crippen molar-refractivity contribution in [2.75, 3.05) is 0 Å². The maximum absolute atomic E-state index is 10.8. The molecule has 0 amide bonds. The van der Waals surface area contributed by atoms with Gasteiger partial charge in [-0.05, 0) is 19.8 Å². The van der Waals surface area contributed by atoms with Crippen LogP contribution in [0.25, 0.3) is 0 Å². The monoisotopic (exact) mass is 195 g/mol. The molecule has 1 saturated carbocycles. The number of aromatic nitrogens is 3. The molecule has 1 aliphatic rings. The molecule has 0 spiro atoms. The lowest BCUT2D eigenvalue weighted by Gasteiger charge is -2.32. The minimum Gasteiger partial charge on any atom is -0.481 e. The third-order valence-electron chi connectivity index (χ3n) is 2.87. The van der Waals surface area contributed by atoms with Crippen LogP contribution in [0.2, 0.25) is 0 Å². The Bertz CT molecular complexity index is 348. The summed E-state index contributed by atoms with van der Waals surface area (Å²) in [6.07, 6.45) is 3.17. The van der Waals surface area contributed by atoms with Gasteiger partial charge >= 0.3 is 5.97 Å². The standard InChI is InChI=1S/C9H13N3O2/c1-2-12-8(10-5-11-12)6-3-4-7(6)9(13)14/h5-7H,2-4H2,1H3,(H,13,14). The Balaban J connectivity index is 2.19. The Labute approximate surface area is 81.8 Å². The summed E-state index contributed by atoms with van der Waals surface area (Å²) >= 11 is 0. The van der Waals surface area contributed by atoms with Crippen molar-refractivity contribution in [3.8, 4) is 0 Å². The van der Waals surface area contributed by atoms with Gasteiger partial charge in [0.15, 0.2) is 0 Å². The zero-order valence-corrected chi connectivity index (χ0v) is 8.05. The van der Waals surface area contributed by atoms with E-state index in [1.165, 1.54) is 6.33 Å². The van der Waals surface area contributed by atoms with E-state index in [1.807, 2.05) is 6.92 Å². The Kier molecular flexibility index (Phi) is 2.23. The molecule has 5 heteroatoms. The van der Waals surface area contributed by atoms with Crippen LogP contribution in [-0.2, 0) is 11.3 Å². The molecule has 0 radical (unpaired) electrons. The van der Waals surface area contributed by atoms with Gasteiger partial charge < -0.3 is 5.11 Å². The second-order valence-corrected chi connectivity index (χ2v) is 3.56. The molecule has 0 aromatic carbocycles. The van der Waals surface area contributed by atoms with E-state index >= 15 is 0 Å². The molecule has 14 heavy (non-hydrogen) atoms. The average molecular weight is 195 g/mol. The van der Waals surface area contributed by atoms with Crippen molar-refractivity contribution in [2.45, 2.75) is 32.2 Å². The van der Waals surface area contributed by atoms with Crippen LogP contribution in [0.4, 0.5) is 0 Å². The van der Waals surface area contributed by atoms with Crippen molar-refractivity contribution >= 4 is 5.97 Å². The fraction of sp³-hybridized carbons (Fsp3) is 0.667. The van der Waals surface area contributed by atoms with Gasteiger partial charge in [-0.25, -0.2) is 4.98 Å². The Morgan fingerprint density at radius 2 is 2.50 bits per heavy atom. The van der Waals surface area contributed by atoms with E-state index in [1.54, 1.807) is 4.68 Å². The van der Waals surface area contributed by atoms with Crippen LogP contribution >= 0.6 is 0 Å². The molecule has 1 aliphatic carbocycles. The predicted octanol–water partition coefficient (Wildman–Crippen LogP) is 0.876. The second-order valence-electron chi connectivity index (χ2n) is 3.56. The fourth-order valence-electron chi connectivity index (χ4n) is 1.91. The minimum atomic E-state index is -0.716. The molecule has 1 fully saturated rings. The molecule has 5 nitrogen and oxygen atoms in total. The second kappa shape index (κ2) is 3.40. The largest absolute Gasteiger partial charge is 0.481 e. The van der Waals surface area contributed by atoms with Gasteiger partial charge in [0.2, 0.25) is 0 Å². The van der Waals surface area contributed by atoms with Crippen molar-refractivity contribution in [1.29, 1.82) is 0 Å². The highest BCUT2D eigenvalue weighted by Gasteiger charge is 2.40. The van der Waals surface area contributed by atoms with Crippen LogP contribution in [-0.4, -0.2) is 25.8 Å². The number of carboxylic acid groups (broad SMARTS) is 1. The average Bonchev–Trinajstić information content (AvgIpc) is 2.49. The van der Waals surface area contributed by atoms with Crippen molar-refractivity contribution in [2.24, 2.45) is 5.92 Å². The molecular formula is C9H13N3O2. The summed E-state index contributed by atoms with van der Waals surface area (Å²) in [5.41, 5.74) is 0. The van der Waals surface area contributed by atoms with E-state index < -0.39 is 5.97 Å². The number of carboxylic acids is 1. The molecule has 0 aliphatic heterocycles. The zero-order chi connectivity index (χ0) is 10.1. The maximum Gasteiger partial charge on any atom is 0.307 e. The fourth-order valence-corrected chi connectivity index (χ4v) is 1.91. The summed E-state index contributed by atoms with van der Waals surface area (Å²) < 4.78 is 1.78. The topological polar surface area (TPSA) is 68.0 Å². The van der Waals surface area contributed by atoms with E-state index in [-0.39, 0.29) is 11.8 Å². The first-order valence-corrected chi connectivity index (χ1v) is 4.84. The van der Waals surface area contributed by atoms with Crippen LogP contribution in [0.1, 0.15) is 31.5 Å². The van der Waals surface area contributed by atoms with Gasteiger partial charge in [-0.1, -0.05) is 0 Å². The van der Waals surface area contributed by atoms with E-state index in [2.05, 4.69) is 10.1 Å². The predicted molar refractivity (Wildman–Crippen MR) is 48.8 cm³/mol. The third kappa shape index (κ3) is 1.29. The Morgan fingerprint density at radius 3 is 3.00 bits per heavy atom. The molecule has 1 aromatic heterocycles. The highest BCUT2D eigenvalue weighted by Crippen LogP contribution is 2.41. The normalized spacial score (nSPS) is 25.8. The van der Waals surface area contributed by atoms with Crippen LogP contribution in [0.5, 0.6) is 0 Å². The van der Waals surface area contributed by atoms with Crippen LogP contribution in [0, 0.1) is 5.92 Å². The molecule has 2 unspecified atom stereocenters. The van der Waals surface area contributed by atoms with Gasteiger partial charge in [0.25, 0.3) is 0 Å².